The standard InChI is InChI=1S/C21H24FN3O5S/c22-14-7-5-13(6-8-14)21-10-9-18(27)25(21)16(12-31-21)19(28)30-11-17(26)24-20(29)23-15-3-1-2-4-15/h5-8,15-16H,1-4,9-12H2,(H2,23,24,26,29)/t16-,21-/m1/s1. The van der Waals surface area contributed by atoms with Crippen LogP contribution in [0.4, 0.5) is 9.18 Å². The van der Waals surface area contributed by atoms with Gasteiger partial charge in [-0.25, -0.2) is 14.0 Å². The molecule has 0 spiro atoms. The van der Waals surface area contributed by atoms with Crippen molar-refractivity contribution in [2.45, 2.75) is 55.5 Å². The molecule has 10 heteroatoms. The number of esters is 1. The molecular weight excluding hydrogens is 425 g/mol. The monoisotopic (exact) mass is 449 g/mol. The molecule has 0 unspecified atom stereocenters. The zero-order valence-electron chi connectivity index (χ0n) is 16.9. The van der Waals surface area contributed by atoms with Crippen LogP contribution in [0, 0.1) is 5.82 Å². The Morgan fingerprint density at radius 1 is 1.19 bits per heavy atom. The van der Waals surface area contributed by atoms with Gasteiger partial charge in [0.05, 0.1) is 0 Å². The fourth-order valence-corrected chi connectivity index (χ4v) is 6.15. The van der Waals surface area contributed by atoms with Crippen LogP contribution in [-0.2, 0) is 24.0 Å². The molecule has 0 radical (unpaired) electrons. The maximum absolute atomic E-state index is 13.3. The summed E-state index contributed by atoms with van der Waals surface area (Å²) in [6.07, 6.45) is 4.64. The molecule has 4 rings (SSSR count). The Morgan fingerprint density at radius 2 is 1.90 bits per heavy atom. The number of amides is 4. The number of nitrogens with one attached hydrogen (secondary N) is 2. The van der Waals surface area contributed by atoms with Crippen LogP contribution in [0.2, 0.25) is 0 Å². The second-order valence-electron chi connectivity index (χ2n) is 7.99. The van der Waals surface area contributed by atoms with Crippen LogP contribution in [0.3, 0.4) is 0 Å². The summed E-state index contributed by atoms with van der Waals surface area (Å²) in [5.74, 6) is -1.68. The largest absolute Gasteiger partial charge is 0.454 e. The molecule has 3 fully saturated rings. The Hall–Kier alpha value is -2.62. The van der Waals surface area contributed by atoms with Crippen molar-refractivity contribution in [1.29, 1.82) is 0 Å². The molecule has 8 nitrogen and oxygen atoms in total. The van der Waals surface area contributed by atoms with E-state index in [4.69, 9.17) is 4.74 Å². The maximum Gasteiger partial charge on any atom is 0.330 e. The molecule has 2 saturated heterocycles. The minimum absolute atomic E-state index is 0.0617. The molecule has 1 aliphatic carbocycles. The highest BCUT2D eigenvalue weighted by atomic mass is 32.2. The molecule has 2 atom stereocenters. The predicted octanol–water partition coefficient (Wildman–Crippen LogP) is 2.03. The fourth-order valence-electron chi connectivity index (χ4n) is 4.52. The van der Waals surface area contributed by atoms with Crippen molar-refractivity contribution in [3.63, 3.8) is 0 Å². The lowest BCUT2D eigenvalue weighted by atomic mass is 10.0. The lowest BCUT2D eigenvalue weighted by Gasteiger charge is -2.33. The van der Waals surface area contributed by atoms with Crippen LogP contribution in [-0.4, -0.2) is 53.2 Å². The van der Waals surface area contributed by atoms with Crippen molar-refractivity contribution >= 4 is 35.6 Å². The SMILES string of the molecule is O=C(COC(=O)[C@H]1CS[C@@]2(c3ccc(F)cc3)CCC(=O)N12)NC(=O)NC1CCCC1. The summed E-state index contributed by atoms with van der Waals surface area (Å²) in [6.45, 7) is -0.607. The zero-order valence-corrected chi connectivity index (χ0v) is 17.7. The molecule has 0 bridgehead atoms. The molecule has 4 amide bonds. The number of benzene rings is 1. The third-order valence-electron chi connectivity index (χ3n) is 5.98. The maximum atomic E-state index is 13.3. The van der Waals surface area contributed by atoms with E-state index in [0.29, 0.717) is 12.2 Å². The highest BCUT2D eigenvalue weighted by molar-refractivity contribution is 8.00. The molecular formula is C21H24FN3O5S. The fraction of sp³-hybridized carbons (Fsp3) is 0.524. The summed E-state index contributed by atoms with van der Waals surface area (Å²) in [7, 11) is 0. The minimum atomic E-state index is -0.842. The summed E-state index contributed by atoms with van der Waals surface area (Å²) < 4.78 is 18.5. The Balaban J connectivity index is 1.34. The number of ether oxygens (including phenoxy) is 1. The summed E-state index contributed by atoms with van der Waals surface area (Å²) >= 11 is 1.44. The topological polar surface area (TPSA) is 105 Å². The summed E-state index contributed by atoms with van der Waals surface area (Å²) in [6, 6.07) is 4.53. The lowest BCUT2D eigenvalue weighted by Crippen LogP contribution is -2.48. The number of halogens is 1. The molecule has 1 aromatic rings. The van der Waals surface area contributed by atoms with Gasteiger partial charge in [-0.05, 0) is 37.0 Å². The molecule has 166 valence electrons. The molecule has 1 saturated carbocycles. The van der Waals surface area contributed by atoms with Gasteiger partial charge in [0.15, 0.2) is 6.61 Å². The van der Waals surface area contributed by atoms with Crippen LogP contribution in [0.5, 0.6) is 0 Å². The second kappa shape index (κ2) is 8.86. The van der Waals surface area contributed by atoms with E-state index in [1.54, 1.807) is 12.1 Å². The number of imide groups is 1. The second-order valence-corrected chi connectivity index (χ2v) is 9.29. The van der Waals surface area contributed by atoms with Crippen molar-refractivity contribution in [3.8, 4) is 0 Å². The van der Waals surface area contributed by atoms with Gasteiger partial charge in [-0.2, -0.15) is 0 Å². The number of hydrogen-bond acceptors (Lipinski definition) is 6. The molecule has 31 heavy (non-hydrogen) atoms. The number of carbonyl (C=O) groups is 4. The number of urea groups is 1. The van der Waals surface area contributed by atoms with Gasteiger partial charge in [0.1, 0.15) is 16.7 Å². The first kappa shape index (κ1) is 21.6. The Kier molecular flexibility index (Phi) is 6.17. The molecule has 2 N–H and O–H groups in total. The molecule has 3 aliphatic rings. The van der Waals surface area contributed by atoms with Gasteiger partial charge < -0.3 is 15.0 Å². The van der Waals surface area contributed by atoms with Crippen molar-refractivity contribution in [2.24, 2.45) is 0 Å². The lowest BCUT2D eigenvalue weighted by molar-refractivity contribution is -0.156. The van der Waals surface area contributed by atoms with Gasteiger partial charge >= 0.3 is 12.0 Å². The van der Waals surface area contributed by atoms with E-state index in [2.05, 4.69) is 10.6 Å². The van der Waals surface area contributed by atoms with Crippen molar-refractivity contribution < 1.29 is 28.3 Å². The van der Waals surface area contributed by atoms with E-state index in [9.17, 15) is 23.6 Å². The van der Waals surface area contributed by atoms with Crippen LogP contribution in [0.15, 0.2) is 24.3 Å². The van der Waals surface area contributed by atoms with Gasteiger partial charge in [0.2, 0.25) is 5.91 Å². The first-order valence-corrected chi connectivity index (χ1v) is 11.4. The molecule has 1 aromatic carbocycles. The third kappa shape index (κ3) is 4.39. The van der Waals surface area contributed by atoms with Gasteiger partial charge in [-0.1, -0.05) is 25.0 Å². The highest BCUT2D eigenvalue weighted by Crippen LogP contribution is 2.54. The first-order chi connectivity index (χ1) is 14.9. The number of thioether (sulfide) groups is 1. The smallest absolute Gasteiger partial charge is 0.330 e. The predicted molar refractivity (Wildman–Crippen MR) is 110 cm³/mol. The summed E-state index contributed by atoms with van der Waals surface area (Å²) in [4.78, 5) is 49.8. The van der Waals surface area contributed by atoms with Gasteiger partial charge in [-0.15, -0.1) is 11.8 Å². The number of fused-ring (bicyclic) bond motifs is 1. The van der Waals surface area contributed by atoms with E-state index in [1.807, 2.05) is 0 Å². The normalized spacial score (nSPS) is 25.4. The average Bonchev–Trinajstić information content (AvgIpc) is 3.45. The van der Waals surface area contributed by atoms with Crippen molar-refractivity contribution in [2.75, 3.05) is 12.4 Å². The Labute approximate surface area is 183 Å². The van der Waals surface area contributed by atoms with E-state index < -0.39 is 35.4 Å². The number of carbonyl (C=O) groups excluding carboxylic acids is 4. The van der Waals surface area contributed by atoms with E-state index in [0.717, 1.165) is 31.2 Å². The Bertz CT molecular complexity index is 890. The third-order valence-corrected chi connectivity index (χ3v) is 7.58. The Morgan fingerprint density at radius 3 is 2.61 bits per heavy atom. The van der Waals surface area contributed by atoms with E-state index in [-0.39, 0.29) is 24.2 Å². The summed E-state index contributed by atoms with van der Waals surface area (Å²) in [5, 5.41) is 4.88. The van der Waals surface area contributed by atoms with E-state index in [1.165, 1.54) is 28.8 Å². The van der Waals surface area contributed by atoms with Crippen molar-refractivity contribution in [3.05, 3.63) is 35.6 Å². The number of hydrogen-bond donors (Lipinski definition) is 2. The average molecular weight is 450 g/mol. The van der Waals surface area contributed by atoms with E-state index >= 15 is 0 Å². The molecule has 0 aromatic heterocycles. The van der Waals surface area contributed by atoms with Gasteiger partial charge in [-0.3, -0.25) is 14.9 Å². The number of rotatable bonds is 5. The molecule has 2 heterocycles. The number of nitrogens with zero attached hydrogens (tertiary/aromatic N) is 1. The van der Waals surface area contributed by atoms with Gasteiger partial charge in [0.25, 0.3) is 5.91 Å². The zero-order chi connectivity index (χ0) is 22.0. The van der Waals surface area contributed by atoms with Crippen LogP contribution >= 0.6 is 11.8 Å². The van der Waals surface area contributed by atoms with Crippen LogP contribution in [0.25, 0.3) is 0 Å². The van der Waals surface area contributed by atoms with Gasteiger partial charge in [0, 0.05) is 18.2 Å². The minimum Gasteiger partial charge on any atom is -0.454 e. The van der Waals surface area contributed by atoms with Crippen molar-refractivity contribution in [1.82, 2.24) is 15.5 Å². The quantitative estimate of drug-likeness (QED) is 0.667. The molecule has 2 aliphatic heterocycles. The summed E-state index contributed by atoms with van der Waals surface area (Å²) in [5.41, 5.74) is 0.751. The first-order valence-electron chi connectivity index (χ1n) is 10.4. The highest BCUT2D eigenvalue weighted by Gasteiger charge is 2.57. The van der Waals surface area contributed by atoms with Crippen LogP contribution < -0.4 is 10.6 Å². The van der Waals surface area contributed by atoms with Crippen LogP contribution in [0.1, 0.15) is 44.1 Å².